The fourth-order valence-corrected chi connectivity index (χ4v) is 3.16. The van der Waals surface area contributed by atoms with E-state index in [0.717, 1.165) is 16.8 Å². The molecule has 1 N–H and O–H groups in total. The van der Waals surface area contributed by atoms with E-state index >= 15 is 0 Å². The van der Waals surface area contributed by atoms with Crippen LogP contribution < -0.4 is 15.0 Å². The van der Waals surface area contributed by atoms with Gasteiger partial charge in [0.2, 0.25) is 0 Å². The maximum Gasteiger partial charge on any atom is 0.265 e. The molecule has 0 unspecified atom stereocenters. The van der Waals surface area contributed by atoms with Crippen molar-refractivity contribution in [3.63, 3.8) is 0 Å². The molecule has 0 saturated heterocycles. The first-order chi connectivity index (χ1) is 14.1. The SMILES string of the molecule is O=C(NCc1ccc(F)cc1)c1ccc(CN2C(=O)COc3ccccc32)cc1. The molecule has 3 aromatic rings. The molecule has 4 rings (SSSR count). The monoisotopic (exact) mass is 390 g/mol. The van der Waals surface area contributed by atoms with E-state index in [9.17, 15) is 14.0 Å². The van der Waals surface area contributed by atoms with E-state index in [0.29, 0.717) is 24.4 Å². The third kappa shape index (κ3) is 4.27. The number of benzene rings is 3. The Balaban J connectivity index is 1.41. The highest BCUT2D eigenvalue weighted by molar-refractivity contribution is 5.98. The standard InChI is InChI=1S/C23H19FN2O3/c24-19-11-7-16(8-12-19)13-25-23(28)18-9-5-17(6-10-18)14-26-20-3-1-2-4-21(20)29-15-22(26)27/h1-12H,13-15H2,(H,25,28). The molecule has 5 nitrogen and oxygen atoms in total. The first-order valence-corrected chi connectivity index (χ1v) is 9.24. The topological polar surface area (TPSA) is 58.6 Å². The smallest absolute Gasteiger partial charge is 0.265 e. The van der Waals surface area contributed by atoms with E-state index in [-0.39, 0.29) is 24.2 Å². The van der Waals surface area contributed by atoms with Gasteiger partial charge >= 0.3 is 0 Å². The Hall–Kier alpha value is -3.67. The molecule has 0 radical (unpaired) electrons. The third-order valence-corrected chi connectivity index (χ3v) is 4.73. The van der Waals surface area contributed by atoms with Crippen molar-refractivity contribution >= 4 is 17.5 Å². The number of para-hydroxylation sites is 2. The van der Waals surface area contributed by atoms with Gasteiger partial charge in [-0.2, -0.15) is 0 Å². The highest BCUT2D eigenvalue weighted by atomic mass is 19.1. The van der Waals surface area contributed by atoms with Gasteiger partial charge in [0.1, 0.15) is 11.6 Å². The molecular weight excluding hydrogens is 371 g/mol. The van der Waals surface area contributed by atoms with E-state index in [2.05, 4.69) is 5.32 Å². The van der Waals surface area contributed by atoms with Gasteiger partial charge in [0.15, 0.2) is 6.61 Å². The summed E-state index contributed by atoms with van der Waals surface area (Å²) >= 11 is 0. The van der Waals surface area contributed by atoms with Gasteiger partial charge in [-0.05, 0) is 47.5 Å². The van der Waals surface area contributed by atoms with Crippen molar-refractivity contribution in [2.75, 3.05) is 11.5 Å². The second-order valence-corrected chi connectivity index (χ2v) is 6.74. The minimum Gasteiger partial charge on any atom is -0.482 e. The first kappa shape index (κ1) is 18.7. The number of hydrogen-bond donors (Lipinski definition) is 1. The molecule has 0 bridgehead atoms. The molecule has 1 aliphatic rings. The van der Waals surface area contributed by atoms with Gasteiger partial charge < -0.3 is 15.0 Å². The fourth-order valence-electron chi connectivity index (χ4n) is 3.16. The molecule has 0 fully saturated rings. The molecule has 1 heterocycles. The molecule has 146 valence electrons. The van der Waals surface area contributed by atoms with Gasteiger partial charge in [-0.1, -0.05) is 36.4 Å². The number of ether oxygens (including phenoxy) is 1. The minimum absolute atomic E-state index is 0.0148. The second-order valence-electron chi connectivity index (χ2n) is 6.74. The summed E-state index contributed by atoms with van der Waals surface area (Å²) in [5, 5.41) is 2.81. The van der Waals surface area contributed by atoms with E-state index in [4.69, 9.17) is 4.74 Å². The average Bonchev–Trinajstić information content (AvgIpc) is 2.75. The van der Waals surface area contributed by atoms with Crippen LogP contribution in [0.1, 0.15) is 21.5 Å². The van der Waals surface area contributed by atoms with Crippen molar-refractivity contribution in [2.45, 2.75) is 13.1 Å². The van der Waals surface area contributed by atoms with Gasteiger partial charge in [0, 0.05) is 12.1 Å². The number of nitrogens with one attached hydrogen (secondary N) is 1. The van der Waals surface area contributed by atoms with Crippen molar-refractivity contribution in [2.24, 2.45) is 0 Å². The van der Waals surface area contributed by atoms with E-state index < -0.39 is 0 Å². The zero-order chi connectivity index (χ0) is 20.2. The lowest BCUT2D eigenvalue weighted by molar-refractivity contribution is -0.121. The zero-order valence-electron chi connectivity index (χ0n) is 15.6. The highest BCUT2D eigenvalue weighted by Crippen LogP contribution is 2.32. The van der Waals surface area contributed by atoms with Crippen molar-refractivity contribution in [1.82, 2.24) is 5.32 Å². The van der Waals surface area contributed by atoms with Crippen LogP contribution in [0.25, 0.3) is 0 Å². The number of fused-ring (bicyclic) bond motifs is 1. The quantitative estimate of drug-likeness (QED) is 0.723. The van der Waals surface area contributed by atoms with Gasteiger partial charge in [0.25, 0.3) is 11.8 Å². The number of halogens is 1. The lowest BCUT2D eigenvalue weighted by atomic mass is 10.1. The maximum absolute atomic E-state index is 12.9. The summed E-state index contributed by atoms with van der Waals surface area (Å²) in [6, 6.07) is 20.5. The van der Waals surface area contributed by atoms with Crippen LogP contribution in [0.5, 0.6) is 5.75 Å². The Morgan fingerprint density at radius 2 is 1.66 bits per heavy atom. The molecule has 6 heteroatoms. The molecule has 0 saturated carbocycles. The summed E-state index contributed by atoms with van der Waals surface area (Å²) in [6.07, 6.45) is 0. The van der Waals surface area contributed by atoms with Crippen LogP contribution in [0.15, 0.2) is 72.8 Å². The molecular formula is C23H19FN2O3. The summed E-state index contributed by atoms with van der Waals surface area (Å²) < 4.78 is 18.4. The molecule has 3 aromatic carbocycles. The van der Waals surface area contributed by atoms with Gasteiger partial charge in [-0.25, -0.2) is 4.39 Å². The van der Waals surface area contributed by atoms with Crippen LogP contribution in [0, 0.1) is 5.82 Å². The predicted molar refractivity (Wildman–Crippen MR) is 107 cm³/mol. The van der Waals surface area contributed by atoms with Crippen LogP contribution in [0.4, 0.5) is 10.1 Å². The number of hydrogen-bond acceptors (Lipinski definition) is 3. The van der Waals surface area contributed by atoms with Crippen molar-refractivity contribution in [1.29, 1.82) is 0 Å². The van der Waals surface area contributed by atoms with Crippen LogP contribution >= 0.6 is 0 Å². The molecule has 0 aliphatic carbocycles. The van der Waals surface area contributed by atoms with E-state index in [1.165, 1.54) is 12.1 Å². The van der Waals surface area contributed by atoms with Crippen molar-refractivity contribution in [3.8, 4) is 5.75 Å². The Kier molecular flexibility index (Phi) is 5.24. The lowest BCUT2D eigenvalue weighted by Gasteiger charge is -2.29. The van der Waals surface area contributed by atoms with E-state index in [1.807, 2.05) is 36.4 Å². The van der Waals surface area contributed by atoms with Gasteiger partial charge in [0.05, 0.1) is 12.2 Å². The number of anilines is 1. The third-order valence-electron chi connectivity index (χ3n) is 4.73. The van der Waals surface area contributed by atoms with Crippen molar-refractivity contribution < 1.29 is 18.7 Å². The lowest BCUT2D eigenvalue weighted by Crippen LogP contribution is -2.38. The Morgan fingerprint density at radius 3 is 2.41 bits per heavy atom. The molecule has 0 aromatic heterocycles. The molecule has 2 amide bonds. The molecule has 0 atom stereocenters. The van der Waals surface area contributed by atoms with Crippen LogP contribution in [-0.4, -0.2) is 18.4 Å². The number of carbonyl (C=O) groups excluding carboxylic acids is 2. The molecule has 0 spiro atoms. The number of carbonyl (C=O) groups is 2. The Morgan fingerprint density at radius 1 is 0.966 bits per heavy atom. The summed E-state index contributed by atoms with van der Waals surface area (Å²) in [7, 11) is 0. The summed E-state index contributed by atoms with van der Waals surface area (Å²) in [6.45, 7) is 0.734. The fraction of sp³-hybridized carbons (Fsp3) is 0.130. The van der Waals surface area contributed by atoms with Crippen LogP contribution in [0.2, 0.25) is 0 Å². The maximum atomic E-state index is 12.9. The Labute approximate surface area is 167 Å². The van der Waals surface area contributed by atoms with Gasteiger partial charge in [-0.3, -0.25) is 9.59 Å². The molecule has 1 aliphatic heterocycles. The average molecular weight is 390 g/mol. The normalized spacial score (nSPS) is 12.9. The predicted octanol–water partition coefficient (Wildman–Crippen LogP) is 3.68. The summed E-state index contributed by atoms with van der Waals surface area (Å²) in [5.41, 5.74) is 2.99. The second kappa shape index (κ2) is 8.14. The number of nitrogens with zero attached hydrogens (tertiary/aromatic N) is 1. The summed E-state index contributed by atoms with van der Waals surface area (Å²) in [4.78, 5) is 26.3. The van der Waals surface area contributed by atoms with E-state index in [1.54, 1.807) is 29.2 Å². The van der Waals surface area contributed by atoms with Crippen LogP contribution in [0.3, 0.4) is 0 Å². The minimum atomic E-state index is -0.308. The highest BCUT2D eigenvalue weighted by Gasteiger charge is 2.25. The molecule has 29 heavy (non-hydrogen) atoms. The van der Waals surface area contributed by atoms with Gasteiger partial charge in [-0.15, -0.1) is 0 Å². The van der Waals surface area contributed by atoms with Crippen LogP contribution in [-0.2, 0) is 17.9 Å². The van der Waals surface area contributed by atoms with Crippen molar-refractivity contribution in [3.05, 3.63) is 95.3 Å². The first-order valence-electron chi connectivity index (χ1n) is 9.24. The zero-order valence-corrected chi connectivity index (χ0v) is 15.6. The largest absolute Gasteiger partial charge is 0.482 e. The number of rotatable bonds is 5. The number of amides is 2. The Bertz CT molecular complexity index is 1030. The summed E-state index contributed by atoms with van der Waals surface area (Å²) in [5.74, 6) is 0.0550.